The van der Waals surface area contributed by atoms with Gasteiger partial charge in [0.2, 0.25) is 0 Å². The fraction of sp³-hybridized carbons (Fsp3) is 0.542. The highest BCUT2D eigenvalue weighted by atomic mass is 16.2. The van der Waals surface area contributed by atoms with Crippen LogP contribution >= 0.6 is 0 Å². The first-order valence-electron chi connectivity index (χ1n) is 11.0. The van der Waals surface area contributed by atoms with E-state index in [4.69, 9.17) is 0 Å². The number of amides is 1. The highest BCUT2D eigenvalue weighted by Crippen LogP contribution is 2.61. The molecule has 0 radical (unpaired) electrons. The third-order valence-electron chi connectivity index (χ3n) is 7.98. The molecule has 3 atom stereocenters. The molecular weight excluding hydrogens is 374 g/mol. The number of carbonyl (C=O) groups excluding carboxylic acids is 1. The summed E-state index contributed by atoms with van der Waals surface area (Å²) < 4.78 is 4.02. The molecule has 3 saturated carbocycles. The van der Waals surface area contributed by atoms with E-state index in [1.165, 1.54) is 30.2 Å². The lowest BCUT2D eigenvalue weighted by molar-refractivity contribution is -0.108. The van der Waals surface area contributed by atoms with Crippen LogP contribution in [0.25, 0.3) is 10.9 Å². The number of hydrogen-bond donors (Lipinski definition) is 1. The molecule has 30 heavy (non-hydrogen) atoms. The van der Waals surface area contributed by atoms with Crippen LogP contribution in [0.3, 0.4) is 0 Å². The summed E-state index contributed by atoms with van der Waals surface area (Å²) in [5.74, 6) is 3.65. The van der Waals surface area contributed by atoms with Crippen molar-refractivity contribution < 1.29 is 4.79 Å². The third-order valence-corrected chi connectivity index (χ3v) is 7.98. The second kappa shape index (κ2) is 6.69. The van der Waals surface area contributed by atoms with Crippen molar-refractivity contribution in [2.45, 2.75) is 60.4 Å². The fourth-order valence-corrected chi connectivity index (χ4v) is 6.00. The number of nitrogens with zero attached hydrogens (tertiary/aromatic N) is 4. The SMILES string of the molecule is Cc1cn(CC2CCC3CC2C3(C)C)c2cc(C(=O)Nn3c(C)nnc3C)ccc12. The van der Waals surface area contributed by atoms with Crippen LogP contribution in [0.5, 0.6) is 0 Å². The van der Waals surface area contributed by atoms with Gasteiger partial charge in [-0.25, -0.2) is 4.68 Å². The average molecular weight is 406 g/mol. The maximum Gasteiger partial charge on any atom is 0.270 e. The summed E-state index contributed by atoms with van der Waals surface area (Å²) in [6.07, 6.45) is 6.33. The third kappa shape index (κ3) is 2.88. The van der Waals surface area contributed by atoms with E-state index >= 15 is 0 Å². The number of benzene rings is 1. The quantitative estimate of drug-likeness (QED) is 0.689. The Balaban J connectivity index is 1.43. The highest BCUT2D eigenvalue weighted by molar-refractivity contribution is 6.03. The Bertz CT molecular complexity index is 1120. The van der Waals surface area contributed by atoms with Gasteiger partial charge in [0, 0.05) is 29.2 Å². The van der Waals surface area contributed by atoms with E-state index in [0.29, 0.717) is 22.6 Å². The van der Waals surface area contributed by atoms with Gasteiger partial charge in [-0.15, -0.1) is 10.2 Å². The monoisotopic (exact) mass is 405 g/mol. The Morgan fingerprint density at radius 1 is 1.17 bits per heavy atom. The van der Waals surface area contributed by atoms with Gasteiger partial charge in [0.1, 0.15) is 11.6 Å². The van der Waals surface area contributed by atoms with Crippen LogP contribution < -0.4 is 5.43 Å². The minimum absolute atomic E-state index is 0.145. The second-order valence-corrected chi connectivity index (χ2v) is 9.97. The van der Waals surface area contributed by atoms with Crippen molar-refractivity contribution in [1.82, 2.24) is 19.4 Å². The molecule has 0 saturated heterocycles. The summed E-state index contributed by atoms with van der Waals surface area (Å²) in [4.78, 5) is 12.9. The summed E-state index contributed by atoms with van der Waals surface area (Å²) in [7, 11) is 0. The number of hydrogen-bond acceptors (Lipinski definition) is 3. The average Bonchev–Trinajstić information content (AvgIpc) is 3.21. The summed E-state index contributed by atoms with van der Waals surface area (Å²) in [6.45, 7) is 11.8. The zero-order chi connectivity index (χ0) is 21.2. The molecule has 1 aromatic carbocycles. The predicted octanol–water partition coefficient (Wildman–Crippen LogP) is 4.61. The maximum absolute atomic E-state index is 12.9. The Morgan fingerprint density at radius 3 is 2.57 bits per heavy atom. The minimum Gasteiger partial charge on any atom is -0.347 e. The number of carbonyl (C=O) groups is 1. The Morgan fingerprint density at radius 2 is 1.90 bits per heavy atom. The molecule has 3 aromatic rings. The molecule has 0 spiro atoms. The molecule has 158 valence electrons. The molecular formula is C24H31N5O. The molecule has 3 unspecified atom stereocenters. The van der Waals surface area contributed by atoms with E-state index in [9.17, 15) is 4.79 Å². The Hall–Kier alpha value is -2.63. The zero-order valence-electron chi connectivity index (χ0n) is 18.6. The van der Waals surface area contributed by atoms with Gasteiger partial charge in [-0.3, -0.25) is 10.2 Å². The molecule has 2 aromatic heterocycles. The highest BCUT2D eigenvalue weighted by Gasteiger charge is 2.54. The van der Waals surface area contributed by atoms with Gasteiger partial charge in [-0.05, 0) is 80.9 Å². The molecule has 1 amide bonds. The van der Waals surface area contributed by atoms with Crippen LogP contribution in [-0.4, -0.2) is 25.3 Å². The van der Waals surface area contributed by atoms with Crippen molar-refractivity contribution in [1.29, 1.82) is 0 Å². The normalized spacial score (nSPS) is 24.6. The lowest BCUT2D eigenvalue weighted by atomic mass is 9.45. The van der Waals surface area contributed by atoms with Crippen LogP contribution in [0.1, 0.15) is 60.7 Å². The Kier molecular flexibility index (Phi) is 4.31. The number of aromatic nitrogens is 4. The van der Waals surface area contributed by atoms with E-state index in [1.807, 2.05) is 26.0 Å². The van der Waals surface area contributed by atoms with Gasteiger partial charge in [0.05, 0.1) is 0 Å². The van der Waals surface area contributed by atoms with Crippen molar-refractivity contribution in [2.75, 3.05) is 5.43 Å². The predicted molar refractivity (Wildman–Crippen MR) is 118 cm³/mol. The van der Waals surface area contributed by atoms with E-state index in [0.717, 1.165) is 29.8 Å². The van der Waals surface area contributed by atoms with Crippen molar-refractivity contribution >= 4 is 16.8 Å². The number of aryl methyl sites for hydroxylation is 3. The van der Waals surface area contributed by atoms with Crippen LogP contribution in [-0.2, 0) is 6.54 Å². The number of fused-ring (bicyclic) bond motifs is 3. The van der Waals surface area contributed by atoms with Crippen molar-refractivity contribution in [3.63, 3.8) is 0 Å². The number of nitrogens with one attached hydrogen (secondary N) is 1. The summed E-state index contributed by atoms with van der Waals surface area (Å²) in [5, 5.41) is 9.25. The van der Waals surface area contributed by atoms with Gasteiger partial charge in [-0.1, -0.05) is 19.9 Å². The van der Waals surface area contributed by atoms with Gasteiger partial charge in [0.15, 0.2) is 0 Å². The van der Waals surface area contributed by atoms with Crippen molar-refractivity contribution in [2.24, 2.45) is 23.2 Å². The van der Waals surface area contributed by atoms with E-state index in [1.54, 1.807) is 4.68 Å². The molecule has 1 N–H and O–H groups in total. The first-order chi connectivity index (χ1) is 14.3. The molecule has 3 fully saturated rings. The summed E-state index contributed by atoms with van der Waals surface area (Å²) in [5.41, 5.74) is 6.47. The lowest BCUT2D eigenvalue weighted by Gasteiger charge is -2.60. The topological polar surface area (TPSA) is 64.7 Å². The molecule has 2 bridgehead atoms. The standard InChI is InChI=1S/C24H31N5O/c1-14-12-28(13-18-6-8-19-11-21(18)24(19,4)5)22-10-17(7-9-20(14)22)23(30)27-29-15(2)25-26-16(29)3/h7,9-10,12,18-19,21H,6,8,11,13H2,1-5H3,(H,27,30). The first-order valence-corrected chi connectivity index (χ1v) is 11.0. The molecule has 0 aliphatic heterocycles. The summed E-state index contributed by atoms with van der Waals surface area (Å²) in [6, 6.07) is 6.01. The Labute approximate surface area is 177 Å². The lowest BCUT2D eigenvalue weighted by Crippen LogP contribution is -2.53. The van der Waals surface area contributed by atoms with Gasteiger partial charge >= 0.3 is 0 Å². The van der Waals surface area contributed by atoms with Gasteiger partial charge < -0.3 is 4.57 Å². The van der Waals surface area contributed by atoms with Crippen molar-refractivity contribution in [3.05, 3.63) is 47.2 Å². The molecule has 6 nitrogen and oxygen atoms in total. The van der Waals surface area contributed by atoms with Crippen molar-refractivity contribution in [3.8, 4) is 0 Å². The van der Waals surface area contributed by atoms with Crippen LogP contribution in [0.15, 0.2) is 24.4 Å². The van der Waals surface area contributed by atoms with E-state index in [-0.39, 0.29) is 5.91 Å². The maximum atomic E-state index is 12.9. The minimum atomic E-state index is -0.145. The smallest absolute Gasteiger partial charge is 0.270 e. The summed E-state index contributed by atoms with van der Waals surface area (Å²) >= 11 is 0. The van der Waals surface area contributed by atoms with Crippen LogP contribution in [0.4, 0.5) is 0 Å². The van der Waals surface area contributed by atoms with Gasteiger partial charge in [-0.2, -0.15) is 0 Å². The van der Waals surface area contributed by atoms with E-state index < -0.39 is 0 Å². The zero-order valence-corrected chi connectivity index (χ0v) is 18.6. The molecule has 3 aliphatic rings. The molecule has 2 heterocycles. The fourth-order valence-electron chi connectivity index (χ4n) is 6.00. The van der Waals surface area contributed by atoms with E-state index in [2.05, 4.69) is 53.2 Å². The first kappa shape index (κ1) is 19.3. The second-order valence-electron chi connectivity index (χ2n) is 9.97. The molecule has 6 heteroatoms. The molecule has 3 aliphatic carbocycles. The van der Waals surface area contributed by atoms with Gasteiger partial charge in [0.25, 0.3) is 5.91 Å². The van der Waals surface area contributed by atoms with Crippen LogP contribution in [0, 0.1) is 43.9 Å². The number of rotatable bonds is 4. The van der Waals surface area contributed by atoms with Crippen LogP contribution in [0.2, 0.25) is 0 Å². The largest absolute Gasteiger partial charge is 0.347 e. The molecule has 6 rings (SSSR count).